The van der Waals surface area contributed by atoms with Crippen molar-refractivity contribution >= 4 is 23.2 Å². The zero-order valence-corrected chi connectivity index (χ0v) is 15.1. The van der Waals surface area contributed by atoms with Crippen molar-refractivity contribution in [2.75, 3.05) is 0 Å². The second kappa shape index (κ2) is 7.02. The van der Waals surface area contributed by atoms with E-state index in [1.54, 1.807) is 0 Å². The van der Waals surface area contributed by atoms with Gasteiger partial charge in [-0.2, -0.15) is 0 Å². The molecule has 0 N–H and O–H groups in total. The number of aromatic nitrogens is 2. The van der Waals surface area contributed by atoms with Gasteiger partial charge in [-0.1, -0.05) is 30.3 Å². The van der Waals surface area contributed by atoms with E-state index in [2.05, 4.69) is 28.6 Å². The molecule has 1 saturated carbocycles. The van der Waals surface area contributed by atoms with Crippen LogP contribution in [-0.4, -0.2) is 21.6 Å². The molecule has 26 heavy (non-hydrogen) atoms. The third kappa shape index (κ3) is 2.94. The number of aldehydes is 1. The van der Waals surface area contributed by atoms with E-state index in [0.29, 0.717) is 12.2 Å². The fourth-order valence-corrected chi connectivity index (χ4v) is 4.53. The average Bonchev–Trinajstić information content (AvgIpc) is 3.26. The highest BCUT2D eigenvalue weighted by Gasteiger charge is 2.34. The van der Waals surface area contributed by atoms with Crippen molar-refractivity contribution in [3.8, 4) is 0 Å². The number of ketones is 1. The standard InChI is InChI=1S/C22H24N2O2/c1-15-20-12-23-14-24(20)19(22(15)18-5-3-2-4-6-18)11-21(26)17-9-7-16(13-25)8-10-17/h2-6,12-14,16-17,19H,7-11H2,1H3. The summed E-state index contributed by atoms with van der Waals surface area (Å²) >= 11 is 0. The zero-order valence-electron chi connectivity index (χ0n) is 15.1. The Morgan fingerprint density at radius 3 is 2.62 bits per heavy atom. The molecule has 134 valence electrons. The van der Waals surface area contributed by atoms with Gasteiger partial charge < -0.3 is 9.36 Å². The van der Waals surface area contributed by atoms with E-state index >= 15 is 0 Å². The molecule has 1 aliphatic carbocycles. The lowest BCUT2D eigenvalue weighted by molar-refractivity contribution is -0.125. The second-order valence-electron chi connectivity index (χ2n) is 7.52. The summed E-state index contributed by atoms with van der Waals surface area (Å²) in [6.07, 6.45) is 8.66. The van der Waals surface area contributed by atoms with Crippen LogP contribution in [0.25, 0.3) is 11.1 Å². The maximum atomic E-state index is 13.0. The van der Waals surface area contributed by atoms with Gasteiger partial charge in [0.05, 0.1) is 24.3 Å². The minimum Gasteiger partial charge on any atom is -0.323 e. The molecule has 1 atom stereocenters. The van der Waals surface area contributed by atoms with E-state index in [4.69, 9.17) is 0 Å². The molecule has 1 unspecified atom stereocenters. The maximum Gasteiger partial charge on any atom is 0.138 e. The average molecular weight is 348 g/mol. The molecule has 4 nitrogen and oxygen atoms in total. The highest BCUT2D eigenvalue weighted by molar-refractivity contribution is 5.96. The molecule has 4 heteroatoms. The van der Waals surface area contributed by atoms with E-state index in [0.717, 1.165) is 37.7 Å². The lowest BCUT2D eigenvalue weighted by atomic mass is 9.78. The Labute approximate surface area is 153 Å². The van der Waals surface area contributed by atoms with Crippen LogP contribution in [0.15, 0.2) is 42.9 Å². The monoisotopic (exact) mass is 348 g/mol. The molecule has 2 aliphatic rings. The van der Waals surface area contributed by atoms with Crippen molar-refractivity contribution in [1.29, 1.82) is 0 Å². The summed E-state index contributed by atoms with van der Waals surface area (Å²) in [6.45, 7) is 2.12. The van der Waals surface area contributed by atoms with Gasteiger partial charge in [0.1, 0.15) is 12.1 Å². The number of carbonyl (C=O) groups excluding carboxylic acids is 2. The minimum absolute atomic E-state index is 0.0196. The molecule has 0 amide bonds. The summed E-state index contributed by atoms with van der Waals surface area (Å²) in [4.78, 5) is 28.3. The Hall–Kier alpha value is -2.49. The summed E-state index contributed by atoms with van der Waals surface area (Å²) < 4.78 is 2.15. The molecule has 0 bridgehead atoms. The topological polar surface area (TPSA) is 52.0 Å². The number of rotatable bonds is 5. The summed E-state index contributed by atoms with van der Waals surface area (Å²) in [5.41, 5.74) is 4.72. The van der Waals surface area contributed by atoms with Crippen molar-refractivity contribution in [3.05, 3.63) is 54.1 Å². The third-order valence-electron chi connectivity index (χ3n) is 6.02. The van der Waals surface area contributed by atoms with E-state index in [9.17, 15) is 9.59 Å². The molecule has 2 aromatic rings. The molecule has 2 heterocycles. The molecule has 1 aromatic carbocycles. The first-order chi connectivity index (χ1) is 12.7. The molecule has 0 radical (unpaired) electrons. The summed E-state index contributed by atoms with van der Waals surface area (Å²) in [7, 11) is 0. The lowest BCUT2D eigenvalue weighted by Crippen LogP contribution is -2.24. The van der Waals surface area contributed by atoms with Gasteiger partial charge in [0.2, 0.25) is 0 Å². The fraction of sp³-hybridized carbons (Fsp3) is 0.409. The van der Waals surface area contributed by atoms with Gasteiger partial charge in [0, 0.05) is 18.3 Å². The van der Waals surface area contributed by atoms with Gasteiger partial charge in [-0.25, -0.2) is 4.98 Å². The van der Waals surface area contributed by atoms with Crippen molar-refractivity contribution in [2.24, 2.45) is 11.8 Å². The van der Waals surface area contributed by atoms with Crippen molar-refractivity contribution in [1.82, 2.24) is 9.55 Å². The summed E-state index contributed by atoms with van der Waals surface area (Å²) in [5, 5.41) is 0. The smallest absolute Gasteiger partial charge is 0.138 e. The molecule has 1 fully saturated rings. The Balaban J connectivity index is 1.58. The number of benzene rings is 1. The molecule has 1 aliphatic heterocycles. The van der Waals surface area contributed by atoms with Crippen LogP contribution in [0.4, 0.5) is 0 Å². The number of carbonyl (C=O) groups is 2. The number of nitrogens with zero attached hydrogens (tertiary/aromatic N) is 2. The Morgan fingerprint density at radius 1 is 1.19 bits per heavy atom. The number of Topliss-reactive ketones (excluding diaryl/α,β-unsaturated/α-hetero) is 1. The zero-order chi connectivity index (χ0) is 18.1. The van der Waals surface area contributed by atoms with Crippen molar-refractivity contribution in [2.45, 2.75) is 45.1 Å². The first kappa shape index (κ1) is 17.0. The number of hydrogen-bond donors (Lipinski definition) is 0. The number of hydrogen-bond acceptors (Lipinski definition) is 3. The molecule has 0 spiro atoms. The predicted octanol–water partition coefficient (Wildman–Crippen LogP) is 4.33. The lowest BCUT2D eigenvalue weighted by Gasteiger charge is -2.26. The largest absolute Gasteiger partial charge is 0.323 e. The quantitative estimate of drug-likeness (QED) is 0.756. The van der Waals surface area contributed by atoms with Crippen LogP contribution in [0.3, 0.4) is 0 Å². The second-order valence-corrected chi connectivity index (χ2v) is 7.52. The van der Waals surface area contributed by atoms with Crippen LogP contribution in [0.1, 0.15) is 56.3 Å². The fourth-order valence-electron chi connectivity index (χ4n) is 4.53. The van der Waals surface area contributed by atoms with Crippen LogP contribution in [0, 0.1) is 11.8 Å². The van der Waals surface area contributed by atoms with E-state index in [-0.39, 0.29) is 17.9 Å². The Morgan fingerprint density at radius 2 is 1.92 bits per heavy atom. The van der Waals surface area contributed by atoms with Crippen molar-refractivity contribution in [3.63, 3.8) is 0 Å². The SMILES string of the molecule is CC1=C(c2ccccc2)C(CC(=O)C2CCC(C=O)CC2)n2cncc21. The van der Waals surface area contributed by atoms with Crippen LogP contribution in [-0.2, 0) is 9.59 Å². The molecule has 0 saturated heterocycles. The highest BCUT2D eigenvalue weighted by Crippen LogP contribution is 2.44. The molecular formula is C22H24N2O2. The van der Waals surface area contributed by atoms with Crippen molar-refractivity contribution < 1.29 is 9.59 Å². The van der Waals surface area contributed by atoms with Gasteiger partial charge in [-0.05, 0) is 49.3 Å². The highest BCUT2D eigenvalue weighted by atomic mass is 16.1. The first-order valence-electron chi connectivity index (χ1n) is 9.45. The number of imidazole rings is 1. The van der Waals surface area contributed by atoms with Crippen LogP contribution in [0.5, 0.6) is 0 Å². The maximum absolute atomic E-state index is 13.0. The molecule has 1 aromatic heterocycles. The van der Waals surface area contributed by atoms with Gasteiger partial charge in [0.15, 0.2) is 0 Å². The summed E-state index contributed by atoms with van der Waals surface area (Å²) in [6, 6.07) is 10.4. The van der Waals surface area contributed by atoms with Crippen LogP contribution in [0.2, 0.25) is 0 Å². The number of allylic oxidation sites excluding steroid dienone is 2. The minimum atomic E-state index is 0.0196. The van der Waals surface area contributed by atoms with E-state index in [1.807, 2.05) is 30.7 Å². The van der Waals surface area contributed by atoms with Gasteiger partial charge in [0.25, 0.3) is 0 Å². The third-order valence-corrected chi connectivity index (χ3v) is 6.02. The van der Waals surface area contributed by atoms with E-state index < -0.39 is 0 Å². The van der Waals surface area contributed by atoms with Crippen LogP contribution >= 0.6 is 0 Å². The van der Waals surface area contributed by atoms with Crippen LogP contribution < -0.4 is 0 Å². The van der Waals surface area contributed by atoms with Gasteiger partial charge in [-0.3, -0.25) is 4.79 Å². The van der Waals surface area contributed by atoms with E-state index in [1.165, 1.54) is 16.7 Å². The normalized spacial score (nSPS) is 25.2. The first-order valence-corrected chi connectivity index (χ1v) is 9.45. The Bertz CT molecular complexity index is 842. The Kier molecular flexibility index (Phi) is 4.58. The van der Waals surface area contributed by atoms with Gasteiger partial charge in [-0.15, -0.1) is 0 Å². The summed E-state index contributed by atoms with van der Waals surface area (Å²) in [5.74, 6) is 0.561. The molecular weight excluding hydrogens is 324 g/mol. The van der Waals surface area contributed by atoms with Gasteiger partial charge >= 0.3 is 0 Å². The molecule has 4 rings (SSSR count). The number of fused-ring (bicyclic) bond motifs is 1. The predicted molar refractivity (Wildman–Crippen MR) is 101 cm³/mol.